The van der Waals surface area contributed by atoms with E-state index in [4.69, 9.17) is 5.73 Å². The molecule has 6 nitrogen and oxygen atoms in total. The lowest BCUT2D eigenvalue weighted by atomic mass is 9.90. The van der Waals surface area contributed by atoms with Crippen LogP contribution in [0, 0.1) is 11.7 Å². The van der Waals surface area contributed by atoms with Gasteiger partial charge in [0.15, 0.2) is 0 Å². The highest BCUT2D eigenvalue weighted by molar-refractivity contribution is 7.89. The van der Waals surface area contributed by atoms with Crippen molar-refractivity contribution in [3.63, 3.8) is 0 Å². The molecule has 0 aliphatic carbocycles. The molecule has 1 saturated heterocycles. The summed E-state index contributed by atoms with van der Waals surface area (Å²) in [5.74, 6) is -0.934. The zero-order valence-electron chi connectivity index (χ0n) is 13.3. The first-order valence-electron chi connectivity index (χ1n) is 7.56. The number of piperidine rings is 1. The molecule has 0 unspecified atom stereocenters. The van der Waals surface area contributed by atoms with E-state index < -0.39 is 20.7 Å². The topological polar surface area (TPSA) is 92.5 Å². The summed E-state index contributed by atoms with van der Waals surface area (Å²) in [7, 11) is -2.77. The van der Waals surface area contributed by atoms with Gasteiger partial charge in [-0.25, -0.2) is 17.5 Å². The highest BCUT2D eigenvalue weighted by Crippen LogP contribution is 2.25. The van der Waals surface area contributed by atoms with Crippen molar-refractivity contribution >= 4 is 15.9 Å². The van der Waals surface area contributed by atoms with E-state index in [-0.39, 0.29) is 23.4 Å². The van der Waals surface area contributed by atoms with Crippen LogP contribution in [0.3, 0.4) is 0 Å². The highest BCUT2D eigenvalue weighted by atomic mass is 32.2. The number of hydrogen-bond acceptors (Lipinski definition) is 4. The Labute approximate surface area is 135 Å². The summed E-state index contributed by atoms with van der Waals surface area (Å²) in [6, 6.07) is 3.29. The van der Waals surface area contributed by atoms with Gasteiger partial charge in [-0.2, -0.15) is 0 Å². The van der Waals surface area contributed by atoms with Gasteiger partial charge in [-0.3, -0.25) is 4.79 Å². The maximum atomic E-state index is 13.8. The van der Waals surface area contributed by atoms with Gasteiger partial charge in [0, 0.05) is 24.7 Å². The molecule has 1 heterocycles. The number of hydrogen-bond donors (Lipinski definition) is 2. The van der Waals surface area contributed by atoms with E-state index in [0.717, 1.165) is 25.0 Å². The molecule has 1 aromatic rings. The van der Waals surface area contributed by atoms with Crippen molar-refractivity contribution in [3.05, 3.63) is 29.6 Å². The van der Waals surface area contributed by atoms with E-state index in [0.29, 0.717) is 13.1 Å². The van der Waals surface area contributed by atoms with Gasteiger partial charge in [0.25, 0.3) is 5.91 Å². The molecule has 1 amide bonds. The van der Waals surface area contributed by atoms with Gasteiger partial charge in [0.05, 0.1) is 0 Å². The number of likely N-dealkylation sites (tertiary alicyclic amines) is 1. The molecule has 0 spiro atoms. The van der Waals surface area contributed by atoms with E-state index in [2.05, 4.69) is 4.72 Å². The third-order valence-corrected chi connectivity index (χ3v) is 5.78. The Bertz CT molecular complexity index is 693. The van der Waals surface area contributed by atoms with Crippen LogP contribution in [0.5, 0.6) is 0 Å². The van der Waals surface area contributed by atoms with Crippen LogP contribution in [-0.2, 0) is 10.0 Å². The van der Waals surface area contributed by atoms with Crippen molar-refractivity contribution < 1.29 is 17.6 Å². The lowest BCUT2D eigenvalue weighted by Gasteiger charge is -2.39. The van der Waals surface area contributed by atoms with Crippen LogP contribution in [0.25, 0.3) is 0 Å². The summed E-state index contributed by atoms with van der Waals surface area (Å²) in [5, 5.41) is 0. The zero-order chi connectivity index (χ0) is 17.2. The van der Waals surface area contributed by atoms with Crippen LogP contribution in [0.15, 0.2) is 23.1 Å². The number of carbonyl (C=O) groups excluding carboxylic acids is 1. The number of benzene rings is 1. The maximum Gasteiger partial charge on any atom is 0.254 e. The number of nitrogens with zero attached hydrogens (tertiary/aromatic N) is 1. The number of carbonyl (C=O) groups is 1. The summed E-state index contributed by atoms with van der Waals surface area (Å²) in [4.78, 5) is 13.9. The number of amides is 1. The standard InChI is InChI=1S/C15H22FN3O3S/c1-10-4-3-7-19(13(10)9-17)15(20)11-5-6-12(16)14(8-11)23(21,22)18-2/h5-6,8,10,13,18H,3-4,7,9,17H2,1-2H3/t10-,13+/m0/s1. The van der Waals surface area contributed by atoms with Crippen LogP contribution in [0.1, 0.15) is 30.1 Å². The Balaban J connectivity index is 2.38. The fourth-order valence-corrected chi connectivity index (χ4v) is 3.81. The molecule has 0 aromatic heterocycles. The first kappa shape index (κ1) is 17.8. The Morgan fingerprint density at radius 1 is 1.48 bits per heavy atom. The molecule has 0 saturated carbocycles. The number of nitrogens with two attached hydrogens (primary N) is 1. The van der Waals surface area contributed by atoms with E-state index >= 15 is 0 Å². The average Bonchev–Trinajstić information content (AvgIpc) is 2.54. The molecular weight excluding hydrogens is 321 g/mol. The van der Waals surface area contributed by atoms with Crippen molar-refractivity contribution in [3.8, 4) is 0 Å². The SMILES string of the molecule is CNS(=O)(=O)c1cc(C(=O)N2CCC[C@H](C)[C@H]2CN)ccc1F. The highest BCUT2D eigenvalue weighted by Gasteiger charge is 2.32. The fraction of sp³-hybridized carbons (Fsp3) is 0.533. The molecule has 1 fully saturated rings. The Kier molecular flexibility index (Phi) is 5.38. The van der Waals surface area contributed by atoms with Crippen LogP contribution in [0.4, 0.5) is 4.39 Å². The molecule has 2 rings (SSSR count). The monoisotopic (exact) mass is 343 g/mol. The van der Waals surface area contributed by atoms with E-state index in [1.54, 1.807) is 4.90 Å². The summed E-state index contributed by atoms with van der Waals surface area (Å²) in [6.07, 6.45) is 1.86. The summed E-state index contributed by atoms with van der Waals surface area (Å²) < 4.78 is 39.6. The second-order valence-electron chi connectivity index (χ2n) is 5.77. The van der Waals surface area contributed by atoms with E-state index in [1.807, 2.05) is 6.92 Å². The van der Waals surface area contributed by atoms with Crippen LogP contribution < -0.4 is 10.5 Å². The van der Waals surface area contributed by atoms with Gasteiger partial charge in [-0.05, 0) is 44.0 Å². The minimum atomic E-state index is -3.97. The number of sulfonamides is 1. The normalized spacial score (nSPS) is 22.2. The summed E-state index contributed by atoms with van der Waals surface area (Å²) in [6.45, 7) is 2.95. The summed E-state index contributed by atoms with van der Waals surface area (Å²) in [5.41, 5.74) is 5.93. The van der Waals surface area contributed by atoms with Crippen molar-refractivity contribution in [1.29, 1.82) is 0 Å². The van der Waals surface area contributed by atoms with Gasteiger partial charge < -0.3 is 10.6 Å². The van der Waals surface area contributed by atoms with Gasteiger partial charge in [-0.15, -0.1) is 0 Å². The Morgan fingerprint density at radius 2 is 2.17 bits per heavy atom. The number of rotatable bonds is 4. The Morgan fingerprint density at radius 3 is 2.78 bits per heavy atom. The molecule has 23 heavy (non-hydrogen) atoms. The minimum Gasteiger partial charge on any atom is -0.334 e. The largest absolute Gasteiger partial charge is 0.334 e. The van der Waals surface area contributed by atoms with Crippen molar-refractivity contribution in [2.75, 3.05) is 20.1 Å². The molecule has 0 bridgehead atoms. The van der Waals surface area contributed by atoms with Gasteiger partial charge >= 0.3 is 0 Å². The van der Waals surface area contributed by atoms with Crippen LogP contribution in [-0.4, -0.2) is 45.4 Å². The second kappa shape index (κ2) is 6.94. The first-order valence-corrected chi connectivity index (χ1v) is 9.04. The first-order chi connectivity index (χ1) is 10.8. The third kappa shape index (κ3) is 3.54. The number of halogens is 1. The van der Waals surface area contributed by atoms with Gasteiger partial charge in [-0.1, -0.05) is 6.92 Å². The smallest absolute Gasteiger partial charge is 0.254 e. The molecule has 3 N–H and O–H groups in total. The minimum absolute atomic E-state index is 0.0920. The molecule has 1 aromatic carbocycles. The van der Waals surface area contributed by atoms with Crippen molar-refractivity contribution in [1.82, 2.24) is 9.62 Å². The predicted octanol–water partition coefficient (Wildman–Crippen LogP) is 0.933. The lowest BCUT2D eigenvalue weighted by molar-refractivity contribution is 0.0532. The predicted molar refractivity (Wildman–Crippen MR) is 84.9 cm³/mol. The number of nitrogens with one attached hydrogen (secondary N) is 1. The average molecular weight is 343 g/mol. The van der Waals surface area contributed by atoms with Crippen molar-refractivity contribution in [2.24, 2.45) is 11.7 Å². The lowest BCUT2D eigenvalue weighted by Crippen LogP contribution is -2.51. The van der Waals surface area contributed by atoms with Crippen LogP contribution >= 0.6 is 0 Å². The second-order valence-corrected chi connectivity index (χ2v) is 7.63. The van der Waals surface area contributed by atoms with Crippen LogP contribution in [0.2, 0.25) is 0 Å². The molecule has 8 heteroatoms. The maximum absolute atomic E-state index is 13.8. The zero-order valence-corrected chi connectivity index (χ0v) is 14.1. The van der Waals surface area contributed by atoms with Gasteiger partial charge in [0.1, 0.15) is 10.7 Å². The molecular formula is C15H22FN3O3S. The third-order valence-electron chi connectivity index (χ3n) is 4.35. The molecule has 128 valence electrons. The fourth-order valence-electron chi connectivity index (χ4n) is 2.98. The van der Waals surface area contributed by atoms with E-state index in [1.165, 1.54) is 13.1 Å². The molecule has 2 atom stereocenters. The van der Waals surface area contributed by atoms with Gasteiger partial charge in [0.2, 0.25) is 10.0 Å². The summed E-state index contributed by atoms with van der Waals surface area (Å²) >= 11 is 0. The molecule has 0 radical (unpaired) electrons. The molecule has 1 aliphatic heterocycles. The van der Waals surface area contributed by atoms with Crippen molar-refractivity contribution in [2.45, 2.75) is 30.7 Å². The van der Waals surface area contributed by atoms with E-state index in [9.17, 15) is 17.6 Å². The molecule has 1 aliphatic rings. The quantitative estimate of drug-likeness (QED) is 0.851. The Hall–Kier alpha value is -1.51.